The molecular weight excluding hydrogens is 240 g/mol. The van der Waals surface area contributed by atoms with Crippen LogP contribution in [0.1, 0.15) is 19.3 Å². The van der Waals surface area contributed by atoms with E-state index in [4.69, 9.17) is 15.2 Å². The molecule has 1 fully saturated rings. The minimum atomic E-state index is 0.312. The lowest BCUT2D eigenvalue weighted by atomic mass is 10.1. The number of nitrogens with zero attached hydrogens (tertiary/aromatic N) is 1. The number of piperidine rings is 1. The van der Waals surface area contributed by atoms with Crippen LogP contribution in [-0.4, -0.2) is 44.3 Å². The monoisotopic (exact) mass is 264 g/mol. The van der Waals surface area contributed by atoms with Gasteiger partial charge in [-0.25, -0.2) is 0 Å². The molecule has 2 rings (SSSR count). The van der Waals surface area contributed by atoms with Crippen molar-refractivity contribution in [3.63, 3.8) is 0 Å². The summed E-state index contributed by atoms with van der Waals surface area (Å²) in [6.07, 6.45) is 3.88. The molecule has 1 aromatic carbocycles. The van der Waals surface area contributed by atoms with Crippen LogP contribution < -0.4 is 15.2 Å². The highest BCUT2D eigenvalue weighted by Crippen LogP contribution is 2.20. The third-order valence-corrected chi connectivity index (χ3v) is 3.66. The van der Waals surface area contributed by atoms with Crippen LogP contribution in [0.4, 0.5) is 0 Å². The minimum absolute atomic E-state index is 0.312. The average Bonchev–Trinajstić information content (AvgIpc) is 2.49. The van der Waals surface area contributed by atoms with Crippen molar-refractivity contribution in [2.75, 3.05) is 33.4 Å². The molecule has 0 aliphatic carbocycles. The summed E-state index contributed by atoms with van der Waals surface area (Å²) >= 11 is 0. The number of hydrogen-bond donors (Lipinski definition) is 1. The van der Waals surface area contributed by atoms with Crippen molar-refractivity contribution >= 4 is 0 Å². The zero-order valence-corrected chi connectivity index (χ0v) is 11.7. The first-order chi connectivity index (χ1) is 9.33. The van der Waals surface area contributed by atoms with Crippen LogP contribution in [0.2, 0.25) is 0 Å². The second-order valence-electron chi connectivity index (χ2n) is 4.98. The fourth-order valence-corrected chi connectivity index (χ4v) is 2.49. The van der Waals surface area contributed by atoms with Crippen LogP contribution in [0.5, 0.6) is 11.5 Å². The highest BCUT2D eigenvalue weighted by molar-refractivity contribution is 5.32. The lowest BCUT2D eigenvalue weighted by molar-refractivity contribution is 0.118. The van der Waals surface area contributed by atoms with Gasteiger partial charge in [-0.3, -0.25) is 4.90 Å². The van der Waals surface area contributed by atoms with Crippen LogP contribution in [0.3, 0.4) is 0 Å². The van der Waals surface area contributed by atoms with E-state index in [1.165, 1.54) is 19.3 Å². The minimum Gasteiger partial charge on any atom is -0.497 e. The van der Waals surface area contributed by atoms with Gasteiger partial charge in [0.1, 0.15) is 18.1 Å². The van der Waals surface area contributed by atoms with Crippen LogP contribution >= 0.6 is 0 Å². The van der Waals surface area contributed by atoms with E-state index < -0.39 is 0 Å². The quantitative estimate of drug-likeness (QED) is 0.852. The third kappa shape index (κ3) is 4.11. The van der Waals surface area contributed by atoms with Gasteiger partial charge in [-0.2, -0.15) is 0 Å². The third-order valence-electron chi connectivity index (χ3n) is 3.66. The summed E-state index contributed by atoms with van der Waals surface area (Å²) in [5, 5.41) is 0. The maximum Gasteiger partial charge on any atom is 0.123 e. The van der Waals surface area contributed by atoms with E-state index in [1.807, 2.05) is 24.3 Å². The first-order valence-electron chi connectivity index (χ1n) is 7.04. The molecule has 19 heavy (non-hydrogen) atoms. The van der Waals surface area contributed by atoms with Gasteiger partial charge in [-0.1, -0.05) is 12.5 Å². The number of nitrogens with two attached hydrogens (primary N) is 1. The molecule has 0 amide bonds. The van der Waals surface area contributed by atoms with E-state index in [-0.39, 0.29) is 0 Å². The fourth-order valence-electron chi connectivity index (χ4n) is 2.49. The molecule has 1 aliphatic rings. The van der Waals surface area contributed by atoms with Crippen molar-refractivity contribution in [2.24, 2.45) is 5.73 Å². The Morgan fingerprint density at radius 3 is 2.63 bits per heavy atom. The standard InChI is InChI=1S/C15H24N2O2/c1-18-14-6-5-7-15(10-14)19-12-13(11-16)17-8-3-2-4-9-17/h5-7,10,13H,2-4,8-9,11-12,16H2,1H3. The van der Waals surface area contributed by atoms with Gasteiger partial charge in [0.2, 0.25) is 0 Å². The van der Waals surface area contributed by atoms with Crippen LogP contribution in [-0.2, 0) is 0 Å². The summed E-state index contributed by atoms with van der Waals surface area (Å²) in [5.41, 5.74) is 5.88. The molecular formula is C15H24N2O2. The number of likely N-dealkylation sites (tertiary alicyclic amines) is 1. The summed E-state index contributed by atoms with van der Waals surface area (Å²) in [4.78, 5) is 2.45. The molecule has 1 atom stereocenters. The molecule has 0 radical (unpaired) electrons. The Balaban J connectivity index is 1.87. The topological polar surface area (TPSA) is 47.7 Å². The molecule has 1 unspecified atom stereocenters. The Bertz CT molecular complexity index is 378. The predicted molar refractivity (Wildman–Crippen MR) is 76.8 cm³/mol. The summed E-state index contributed by atoms with van der Waals surface area (Å²) < 4.78 is 11.0. The molecule has 1 saturated heterocycles. The van der Waals surface area contributed by atoms with E-state index in [0.29, 0.717) is 19.2 Å². The number of hydrogen-bond acceptors (Lipinski definition) is 4. The summed E-state index contributed by atoms with van der Waals surface area (Å²) in [7, 11) is 1.66. The van der Waals surface area contributed by atoms with Gasteiger partial charge in [0.05, 0.1) is 13.2 Å². The van der Waals surface area contributed by atoms with Crippen molar-refractivity contribution in [1.29, 1.82) is 0 Å². The Kier molecular flexibility index (Phi) is 5.48. The zero-order chi connectivity index (χ0) is 13.5. The molecule has 2 N–H and O–H groups in total. The van der Waals surface area contributed by atoms with Gasteiger partial charge < -0.3 is 15.2 Å². The fraction of sp³-hybridized carbons (Fsp3) is 0.600. The normalized spacial score (nSPS) is 18.0. The van der Waals surface area contributed by atoms with E-state index in [2.05, 4.69) is 4.90 Å². The molecule has 0 aromatic heterocycles. The lowest BCUT2D eigenvalue weighted by Crippen LogP contribution is -2.46. The van der Waals surface area contributed by atoms with Crippen molar-refractivity contribution in [3.8, 4) is 11.5 Å². The molecule has 1 aromatic rings. The molecule has 4 nitrogen and oxygen atoms in total. The van der Waals surface area contributed by atoms with E-state index in [1.54, 1.807) is 7.11 Å². The molecule has 1 heterocycles. The van der Waals surface area contributed by atoms with Gasteiger partial charge in [-0.15, -0.1) is 0 Å². The van der Waals surface area contributed by atoms with Crippen molar-refractivity contribution in [3.05, 3.63) is 24.3 Å². The summed E-state index contributed by atoms with van der Waals surface area (Å²) in [6.45, 7) is 3.57. The SMILES string of the molecule is COc1cccc(OCC(CN)N2CCCCC2)c1. The van der Waals surface area contributed by atoms with Gasteiger partial charge in [0, 0.05) is 12.6 Å². The Morgan fingerprint density at radius 2 is 1.95 bits per heavy atom. The second-order valence-corrected chi connectivity index (χ2v) is 4.98. The molecule has 4 heteroatoms. The van der Waals surface area contributed by atoms with Gasteiger partial charge >= 0.3 is 0 Å². The van der Waals surface area contributed by atoms with Gasteiger partial charge in [0.15, 0.2) is 0 Å². The Morgan fingerprint density at radius 1 is 1.21 bits per heavy atom. The van der Waals surface area contributed by atoms with E-state index in [9.17, 15) is 0 Å². The predicted octanol–water partition coefficient (Wildman–Crippen LogP) is 1.89. The van der Waals surface area contributed by atoms with Crippen LogP contribution in [0.25, 0.3) is 0 Å². The smallest absolute Gasteiger partial charge is 0.123 e. The number of ether oxygens (including phenoxy) is 2. The molecule has 0 saturated carbocycles. The molecule has 0 spiro atoms. The Hall–Kier alpha value is -1.26. The highest BCUT2D eigenvalue weighted by atomic mass is 16.5. The molecule has 1 aliphatic heterocycles. The van der Waals surface area contributed by atoms with Crippen molar-refractivity contribution < 1.29 is 9.47 Å². The number of rotatable bonds is 6. The number of benzene rings is 1. The largest absolute Gasteiger partial charge is 0.497 e. The molecule has 106 valence electrons. The second kappa shape index (κ2) is 7.36. The van der Waals surface area contributed by atoms with Crippen molar-refractivity contribution in [1.82, 2.24) is 4.90 Å². The summed E-state index contributed by atoms with van der Waals surface area (Å²) in [5.74, 6) is 1.66. The first kappa shape index (κ1) is 14.2. The first-order valence-corrected chi connectivity index (χ1v) is 7.04. The average molecular weight is 264 g/mol. The van der Waals surface area contributed by atoms with Crippen LogP contribution in [0.15, 0.2) is 24.3 Å². The lowest BCUT2D eigenvalue weighted by Gasteiger charge is -2.33. The van der Waals surface area contributed by atoms with Gasteiger partial charge in [-0.05, 0) is 38.1 Å². The maximum atomic E-state index is 5.88. The van der Waals surface area contributed by atoms with Crippen molar-refractivity contribution in [2.45, 2.75) is 25.3 Å². The van der Waals surface area contributed by atoms with Crippen LogP contribution in [0, 0.1) is 0 Å². The van der Waals surface area contributed by atoms with E-state index >= 15 is 0 Å². The zero-order valence-electron chi connectivity index (χ0n) is 11.7. The molecule has 0 bridgehead atoms. The van der Waals surface area contributed by atoms with E-state index in [0.717, 1.165) is 24.6 Å². The maximum absolute atomic E-state index is 5.88. The Labute approximate surface area is 115 Å². The highest BCUT2D eigenvalue weighted by Gasteiger charge is 2.19. The summed E-state index contributed by atoms with van der Waals surface area (Å²) in [6, 6.07) is 8.02. The van der Waals surface area contributed by atoms with Gasteiger partial charge in [0.25, 0.3) is 0 Å². The number of methoxy groups -OCH3 is 1.